The highest BCUT2D eigenvalue weighted by Gasteiger charge is 2.30. The number of hydrogen-bond acceptors (Lipinski definition) is 5. The van der Waals surface area contributed by atoms with Gasteiger partial charge in [0.15, 0.2) is 0 Å². The first kappa shape index (κ1) is 17.9. The van der Waals surface area contributed by atoms with Crippen LogP contribution in [0.4, 0.5) is 5.69 Å². The lowest BCUT2D eigenvalue weighted by Crippen LogP contribution is -2.09. The Bertz CT molecular complexity index is 968. The molecule has 0 aliphatic carbocycles. The van der Waals surface area contributed by atoms with Crippen LogP contribution in [-0.2, 0) is 9.84 Å². The lowest BCUT2D eigenvalue weighted by Gasteiger charge is -2.11. The summed E-state index contributed by atoms with van der Waals surface area (Å²) in [5.41, 5.74) is -0.320. The second kappa shape index (κ2) is 6.21. The van der Waals surface area contributed by atoms with E-state index in [4.69, 9.17) is 16.7 Å². The van der Waals surface area contributed by atoms with Crippen LogP contribution in [0, 0.1) is 24.0 Å². The lowest BCUT2D eigenvalue weighted by atomic mass is 10.2. The maximum absolute atomic E-state index is 12.8. The molecule has 0 aliphatic rings. The summed E-state index contributed by atoms with van der Waals surface area (Å²) in [4.78, 5) is 20.6. The van der Waals surface area contributed by atoms with Crippen LogP contribution in [0.2, 0.25) is 5.02 Å². The molecule has 0 radical (unpaired) electrons. The smallest absolute Gasteiger partial charge is 0.335 e. The van der Waals surface area contributed by atoms with Crippen molar-refractivity contribution in [1.82, 2.24) is 0 Å². The Morgan fingerprint density at radius 2 is 1.75 bits per heavy atom. The Kier molecular flexibility index (Phi) is 4.63. The zero-order valence-electron chi connectivity index (χ0n) is 12.6. The van der Waals surface area contributed by atoms with Crippen molar-refractivity contribution >= 4 is 33.1 Å². The molecule has 9 heteroatoms. The van der Waals surface area contributed by atoms with Crippen molar-refractivity contribution in [3.05, 3.63) is 62.2 Å². The Morgan fingerprint density at radius 1 is 1.12 bits per heavy atom. The average Bonchev–Trinajstić information content (AvgIpc) is 2.49. The number of halogens is 1. The van der Waals surface area contributed by atoms with Crippen molar-refractivity contribution < 1.29 is 23.2 Å². The molecule has 0 atom stereocenters. The van der Waals surface area contributed by atoms with E-state index in [9.17, 15) is 23.3 Å². The van der Waals surface area contributed by atoms with Crippen LogP contribution in [0.5, 0.6) is 0 Å². The minimum absolute atomic E-state index is 0.115. The van der Waals surface area contributed by atoms with E-state index >= 15 is 0 Å². The third kappa shape index (κ3) is 3.10. The maximum atomic E-state index is 12.8. The number of hydrogen-bond donors (Lipinski definition) is 1. The van der Waals surface area contributed by atoms with Gasteiger partial charge >= 0.3 is 5.97 Å². The third-order valence-corrected chi connectivity index (χ3v) is 5.79. The number of carboxylic acid groups (broad SMARTS) is 1. The largest absolute Gasteiger partial charge is 0.478 e. The molecular formula is C15H12ClNO6S. The second-order valence-electron chi connectivity index (χ2n) is 5.12. The van der Waals surface area contributed by atoms with Gasteiger partial charge in [-0.2, -0.15) is 0 Å². The fraction of sp³-hybridized carbons (Fsp3) is 0.133. The molecule has 0 unspecified atom stereocenters. The number of rotatable bonds is 4. The Hall–Kier alpha value is -2.45. The number of nitrogens with zero attached hydrogens (tertiary/aromatic N) is 1. The van der Waals surface area contributed by atoms with Gasteiger partial charge in [-0.15, -0.1) is 0 Å². The van der Waals surface area contributed by atoms with Gasteiger partial charge in [0, 0.05) is 11.1 Å². The van der Waals surface area contributed by atoms with Crippen molar-refractivity contribution in [2.45, 2.75) is 23.6 Å². The number of carbonyl (C=O) groups is 1. The zero-order chi connectivity index (χ0) is 18.2. The van der Waals surface area contributed by atoms with Crippen LogP contribution in [0.1, 0.15) is 21.5 Å². The Morgan fingerprint density at radius 3 is 2.29 bits per heavy atom. The first-order chi connectivity index (χ1) is 11.1. The number of aryl methyl sites for hydroxylation is 2. The summed E-state index contributed by atoms with van der Waals surface area (Å²) in [7, 11) is -4.22. The molecule has 0 aromatic heterocycles. The lowest BCUT2D eigenvalue weighted by molar-refractivity contribution is -0.387. The number of nitro benzene ring substituents is 1. The summed E-state index contributed by atoms with van der Waals surface area (Å²) in [5.74, 6) is -1.39. The maximum Gasteiger partial charge on any atom is 0.335 e. The van der Waals surface area contributed by atoms with Crippen molar-refractivity contribution in [2.24, 2.45) is 0 Å². The van der Waals surface area contributed by atoms with E-state index in [0.717, 1.165) is 18.2 Å². The monoisotopic (exact) mass is 369 g/mol. The fourth-order valence-corrected chi connectivity index (χ4v) is 4.11. The summed E-state index contributed by atoms with van der Waals surface area (Å²) in [6.45, 7) is 3.14. The normalized spacial score (nSPS) is 11.3. The van der Waals surface area contributed by atoms with Crippen LogP contribution in [0.3, 0.4) is 0 Å². The van der Waals surface area contributed by atoms with Gasteiger partial charge in [-0.05, 0) is 49.2 Å². The highest BCUT2D eigenvalue weighted by molar-refractivity contribution is 7.91. The van der Waals surface area contributed by atoms with Crippen molar-refractivity contribution in [3.8, 4) is 0 Å². The topological polar surface area (TPSA) is 115 Å². The molecule has 2 aromatic rings. The van der Waals surface area contributed by atoms with Crippen molar-refractivity contribution in [1.29, 1.82) is 0 Å². The fourth-order valence-electron chi connectivity index (χ4n) is 2.18. The average molecular weight is 370 g/mol. The molecule has 0 saturated carbocycles. The molecule has 2 rings (SSSR count). The van der Waals surface area contributed by atoms with Crippen molar-refractivity contribution in [2.75, 3.05) is 0 Å². The van der Waals surface area contributed by atoms with Gasteiger partial charge in [-0.3, -0.25) is 10.1 Å². The van der Waals surface area contributed by atoms with E-state index in [1.54, 1.807) is 6.92 Å². The molecule has 24 heavy (non-hydrogen) atoms. The van der Waals surface area contributed by atoms with Gasteiger partial charge in [-0.25, -0.2) is 13.2 Å². The van der Waals surface area contributed by atoms with Crippen LogP contribution in [0.25, 0.3) is 0 Å². The van der Waals surface area contributed by atoms with E-state index in [1.165, 1.54) is 19.1 Å². The van der Waals surface area contributed by atoms with Gasteiger partial charge < -0.3 is 5.11 Å². The van der Waals surface area contributed by atoms with Gasteiger partial charge in [-0.1, -0.05) is 11.6 Å². The zero-order valence-corrected chi connectivity index (χ0v) is 14.2. The van der Waals surface area contributed by atoms with Gasteiger partial charge in [0.2, 0.25) is 9.84 Å². The molecule has 1 N–H and O–H groups in total. The molecule has 0 saturated heterocycles. The Balaban J connectivity index is 2.77. The number of aromatic carboxylic acids is 1. The minimum atomic E-state index is -4.22. The van der Waals surface area contributed by atoms with E-state index in [1.807, 2.05) is 0 Å². The number of benzene rings is 2. The van der Waals surface area contributed by atoms with Crippen LogP contribution in [-0.4, -0.2) is 24.4 Å². The summed E-state index contributed by atoms with van der Waals surface area (Å²) in [6, 6.07) is 5.47. The van der Waals surface area contributed by atoms with E-state index < -0.39 is 31.3 Å². The standard InChI is InChI=1S/C15H12ClNO6S/c1-8-6-14(9(2)5-11(8)16)24(22,23)13-4-3-10(15(18)19)7-12(13)17(20)21/h3-7H,1-2H3,(H,18,19). The van der Waals surface area contributed by atoms with Gasteiger partial charge in [0.05, 0.1) is 15.4 Å². The second-order valence-corrected chi connectivity index (χ2v) is 7.41. The van der Waals surface area contributed by atoms with E-state index in [0.29, 0.717) is 16.1 Å². The van der Waals surface area contributed by atoms with Gasteiger partial charge in [0.1, 0.15) is 4.90 Å². The Labute approximate surface area is 142 Å². The first-order valence-electron chi connectivity index (χ1n) is 6.59. The molecular weight excluding hydrogens is 358 g/mol. The van der Waals surface area contributed by atoms with E-state index in [-0.39, 0.29) is 10.5 Å². The summed E-state index contributed by atoms with van der Waals surface area (Å²) in [6.07, 6.45) is 0. The van der Waals surface area contributed by atoms with E-state index in [2.05, 4.69) is 0 Å². The number of nitro groups is 1. The number of sulfone groups is 1. The molecule has 0 aliphatic heterocycles. The SMILES string of the molecule is Cc1cc(S(=O)(=O)c2ccc(C(=O)O)cc2[N+](=O)[O-])c(C)cc1Cl. The highest BCUT2D eigenvalue weighted by Crippen LogP contribution is 2.33. The summed E-state index contributed by atoms with van der Waals surface area (Å²) < 4.78 is 25.7. The van der Waals surface area contributed by atoms with Crippen LogP contribution < -0.4 is 0 Å². The molecule has 0 fully saturated rings. The van der Waals surface area contributed by atoms with Gasteiger partial charge in [0.25, 0.3) is 5.69 Å². The highest BCUT2D eigenvalue weighted by atomic mass is 35.5. The van der Waals surface area contributed by atoms with Crippen molar-refractivity contribution in [3.63, 3.8) is 0 Å². The minimum Gasteiger partial charge on any atom is -0.478 e. The van der Waals surface area contributed by atoms with Crippen LogP contribution >= 0.6 is 11.6 Å². The van der Waals surface area contributed by atoms with Crippen LogP contribution in [0.15, 0.2) is 40.1 Å². The predicted octanol–water partition coefficient (Wildman–Crippen LogP) is 3.40. The molecule has 2 aromatic carbocycles. The molecule has 0 amide bonds. The molecule has 0 bridgehead atoms. The molecule has 0 spiro atoms. The number of carboxylic acids is 1. The summed E-state index contributed by atoms with van der Waals surface area (Å²) in [5, 5.41) is 20.5. The first-order valence-corrected chi connectivity index (χ1v) is 8.45. The predicted molar refractivity (Wildman–Crippen MR) is 86.4 cm³/mol. The molecule has 126 valence electrons. The summed E-state index contributed by atoms with van der Waals surface area (Å²) >= 11 is 5.95. The third-order valence-electron chi connectivity index (χ3n) is 3.44. The quantitative estimate of drug-likeness (QED) is 0.652. The molecule has 0 heterocycles. The molecule has 7 nitrogen and oxygen atoms in total.